The van der Waals surface area contributed by atoms with Gasteiger partial charge in [0.25, 0.3) is 0 Å². The summed E-state index contributed by atoms with van der Waals surface area (Å²) in [7, 11) is -6.80. The summed E-state index contributed by atoms with van der Waals surface area (Å²) in [6, 6.07) is 0. The molecule has 0 amide bonds. The minimum Gasteiger partial charge on any atom is -0.271 e. The largest absolute Gasteiger partial charge is 0.505 e. The summed E-state index contributed by atoms with van der Waals surface area (Å²) in [4.78, 5) is 9.70. The Balaban J connectivity index is 5.25. The summed E-state index contributed by atoms with van der Waals surface area (Å²) in [5.41, 5.74) is -6.22. The van der Waals surface area contributed by atoms with Crippen LogP contribution in [0.2, 0.25) is 0 Å². The minimum atomic E-state index is -6.80. The van der Waals surface area contributed by atoms with Crippen LogP contribution in [0.4, 0.5) is 26.3 Å². The van der Waals surface area contributed by atoms with Crippen molar-refractivity contribution in [3.63, 3.8) is 0 Å². The highest BCUT2D eigenvalue weighted by molar-refractivity contribution is 8.07. The standard InChI is InChI=1S/C3F6O3S/c4-2(5,6)1(10)13(11,12)3(7,8)9. The molecule has 0 atom stereocenters. The molecule has 0 aromatic rings. The van der Waals surface area contributed by atoms with E-state index in [1.807, 2.05) is 0 Å². The van der Waals surface area contributed by atoms with Gasteiger partial charge in [0, 0.05) is 0 Å². The van der Waals surface area contributed by atoms with E-state index in [0.717, 1.165) is 0 Å². The summed E-state index contributed by atoms with van der Waals surface area (Å²) in [5.74, 6) is 0. The normalized spacial score (nSPS) is 14.3. The third-order valence-electron chi connectivity index (χ3n) is 0.780. The predicted molar refractivity (Wildman–Crippen MR) is 26.0 cm³/mol. The van der Waals surface area contributed by atoms with E-state index in [9.17, 15) is 39.6 Å². The maximum absolute atomic E-state index is 11.3. The van der Waals surface area contributed by atoms with Crippen LogP contribution in [-0.4, -0.2) is 25.2 Å². The van der Waals surface area contributed by atoms with Crippen LogP contribution >= 0.6 is 0 Å². The third kappa shape index (κ3) is 2.32. The zero-order valence-electron chi connectivity index (χ0n) is 5.40. The van der Waals surface area contributed by atoms with Crippen LogP contribution in [0.5, 0.6) is 0 Å². The number of sulfone groups is 1. The van der Waals surface area contributed by atoms with Gasteiger partial charge in [0.05, 0.1) is 0 Å². The first-order chi connectivity index (χ1) is 5.40. The Morgan fingerprint density at radius 1 is 0.923 bits per heavy atom. The zero-order chi connectivity index (χ0) is 11.1. The van der Waals surface area contributed by atoms with Crippen molar-refractivity contribution in [2.75, 3.05) is 0 Å². The number of hydrogen-bond donors (Lipinski definition) is 0. The molecule has 0 unspecified atom stereocenters. The lowest BCUT2D eigenvalue weighted by Gasteiger charge is -2.08. The van der Waals surface area contributed by atoms with E-state index < -0.39 is 26.6 Å². The molecular weight excluding hydrogens is 230 g/mol. The summed E-state index contributed by atoms with van der Waals surface area (Å²) in [5, 5.41) is -3.81. The second-order valence-corrected chi connectivity index (χ2v) is 3.57. The zero-order valence-corrected chi connectivity index (χ0v) is 6.22. The van der Waals surface area contributed by atoms with Gasteiger partial charge in [-0.25, -0.2) is 8.42 Å². The van der Waals surface area contributed by atoms with Crippen LogP contribution in [0.25, 0.3) is 0 Å². The quantitative estimate of drug-likeness (QED) is 0.583. The van der Waals surface area contributed by atoms with Gasteiger partial charge in [0.15, 0.2) is 0 Å². The van der Waals surface area contributed by atoms with Crippen molar-refractivity contribution in [1.29, 1.82) is 0 Å². The van der Waals surface area contributed by atoms with Crippen LogP contribution < -0.4 is 0 Å². The van der Waals surface area contributed by atoms with Gasteiger partial charge in [-0.05, 0) is 0 Å². The Hall–Kier alpha value is -0.800. The maximum Gasteiger partial charge on any atom is 0.505 e. The van der Waals surface area contributed by atoms with Crippen LogP contribution in [0.1, 0.15) is 0 Å². The second-order valence-electron chi connectivity index (χ2n) is 1.73. The molecule has 0 aromatic heterocycles. The smallest absolute Gasteiger partial charge is 0.271 e. The predicted octanol–water partition coefficient (Wildman–Crippen LogP) is 1.01. The first kappa shape index (κ1) is 12.2. The number of halogens is 6. The van der Waals surface area contributed by atoms with Crippen LogP contribution in [0.3, 0.4) is 0 Å². The average Bonchev–Trinajstić information content (AvgIpc) is 1.81. The minimum absolute atomic E-state index is 3.81. The molecule has 0 aliphatic rings. The SMILES string of the molecule is O=C(C(F)(F)F)S(=O)(=O)C(F)(F)F. The number of rotatable bonds is 0. The van der Waals surface area contributed by atoms with E-state index in [4.69, 9.17) is 0 Å². The first-order valence-corrected chi connectivity index (χ1v) is 3.81. The summed E-state index contributed by atoms with van der Waals surface area (Å²) in [6.07, 6.45) is -6.05. The molecule has 0 radical (unpaired) electrons. The van der Waals surface area contributed by atoms with Crippen LogP contribution in [-0.2, 0) is 14.6 Å². The molecule has 0 fully saturated rings. The Kier molecular flexibility index (Phi) is 2.68. The fourth-order valence-electron chi connectivity index (χ4n) is 0.257. The Morgan fingerprint density at radius 2 is 1.23 bits per heavy atom. The van der Waals surface area contributed by atoms with E-state index in [2.05, 4.69) is 0 Å². The highest BCUT2D eigenvalue weighted by Crippen LogP contribution is 2.30. The van der Waals surface area contributed by atoms with Crippen LogP contribution in [0.15, 0.2) is 0 Å². The molecule has 0 heterocycles. The van der Waals surface area contributed by atoms with Crippen molar-refractivity contribution in [3.8, 4) is 0 Å². The van der Waals surface area contributed by atoms with Gasteiger partial charge in [0.1, 0.15) is 0 Å². The molecule has 0 aromatic carbocycles. The van der Waals surface area contributed by atoms with Gasteiger partial charge >= 0.3 is 26.6 Å². The highest BCUT2D eigenvalue weighted by atomic mass is 32.2. The van der Waals surface area contributed by atoms with Crippen molar-refractivity contribution in [3.05, 3.63) is 0 Å². The summed E-state index contributed by atoms with van der Waals surface area (Å²) in [6.45, 7) is 0. The molecule has 0 rings (SSSR count). The summed E-state index contributed by atoms with van der Waals surface area (Å²) < 4.78 is 87.3. The third-order valence-corrected chi connectivity index (χ3v) is 2.11. The highest BCUT2D eigenvalue weighted by Gasteiger charge is 2.60. The molecule has 78 valence electrons. The Labute approximate surface area is 67.2 Å². The fourth-order valence-corrected chi connectivity index (χ4v) is 0.772. The number of alkyl halides is 6. The van der Waals surface area contributed by atoms with Crippen molar-refractivity contribution in [1.82, 2.24) is 0 Å². The molecule has 0 N–H and O–H groups in total. The van der Waals surface area contributed by atoms with Crippen molar-refractivity contribution in [2.24, 2.45) is 0 Å². The van der Waals surface area contributed by atoms with Crippen molar-refractivity contribution < 1.29 is 39.6 Å². The number of carbonyl (C=O) groups is 1. The van der Waals surface area contributed by atoms with E-state index in [0.29, 0.717) is 0 Å². The van der Waals surface area contributed by atoms with Gasteiger partial charge in [-0.15, -0.1) is 0 Å². The lowest BCUT2D eigenvalue weighted by Crippen LogP contribution is -2.39. The topological polar surface area (TPSA) is 51.2 Å². The summed E-state index contributed by atoms with van der Waals surface area (Å²) >= 11 is 0. The molecule has 0 bridgehead atoms. The Bertz CT molecular complexity index is 307. The van der Waals surface area contributed by atoms with E-state index in [1.54, 1.807) is 0 Å². The average molecular weight is 230 g/mol. The van der Waals surface area contributed by atoms with Gasteiger partial charge in [-0.3, -0.25) is 4.79 Å². The Morgan fingerprint density at radius 3 is 1.31 bits per heavy atom. The molecule has 10 heteroatoms. The van der Waals surface area contributed by atoms with Gasteiger partial charge in [0.2, 0.25) is 0 Å². The molecule has 13 heavy (non-hydrogen) atoms. The monoisotopic (exact) mass is 230 g/mol. The molecule has 0 saturated carbocycles. The van der Waals surface area contributed by atoms with Gasteiger partial charge in [-0.1, -0.05) is 0 Å². The van der Waals surface area contributed by atoms with Gasteiger partial charge < -0.3 is 0 Å². The van der Waals surface area contributed by atoms with E-state index in [1.165, 1.54) is 0 Å². The lowest BCUT2D eigenvalue weighted by atomic mass is 10.8. The van der Waals surface area contributed by atoms with Crippen LogP contribution in [0, 0.1) is 0 Å². The van der Waals surface area contributed by atoms with Crippen molar-refractivity contribution in [2.45, 2.75) is 11.7 Å². The lowest BCUT2D eigenvalue weighted by molar-refractivity contribution is -0.163. The number of carbonyl (C=O) groups excluding carboxylic acids is 1. The molecular formula is C3F6O3S. The van der Waals surface area contributed by atoms with Crippen molar-refractivity contribution >= 4 is 15.0 Å². The molecule has 0 aliphatic heterocycles. The van der Waals surface area contributed by atoms with E-state index >= 15 is 0 Å². The molecule has 0 saturated heterocycles. The second kappa shape index (κ2) is 2.86. The van der Waals surface area contributed by atoms with Gasteiger partial charge in [-0.2, -0.15) is 26.3 Å². The molecule has 0 aliphatic carbocycles. The first-order valence-electron chi connectivity index (χ1n) is 2.33. The van der Waals surface area contributed by atoms with E-state index in [-0.39, 0.29) is 0 Å². The maximum atomic E-state index is 11.3. The molecule has 3 nitrogen and oxygen atoms in total. The number of hydrogen-bond acceptors (Lipinski definition) is 3. The molecule has 0 spiro atoms. The fraction of sp³-hybridized carbons (Fsp3) is 0.667.